The second-order valence-corrected chi connectivity index (χ2v) is 8.52. The predicted molar refractivity (Wildman–Crippen MR) is 105 cm³/mol. The summed E-state index contributed by atoms with van der Waals surface area (Å²) in [6, 6.07) is 3.85. The summed E-state index contributed by atoms with van der Waals surface area (Å²) in [7, 11) is 0. The summed E-state index contributed by atoms with van der Waals surface area (Å²) >= 11 is 6.68. The van der Waals surface area contributed by atoms with E-state index in [1.165, 1.54) is 0 Å². The van der Waals surface area contributed by atoms with Gasteiger partial charge in [0.2, 0.25) is 0 Å². The second kappa shape index (κ2) is 7.91. The maximum atomic E-state index is 12.5. The highest BCUT2D eigenvalue weighted by molar-refractivity contribution is 14.1. The van der Waals surface area contributed by atoms with Gasteiger partial charge in [0.25, 0.3) is 5.91 Å². The van der Waals surface area contributed by atoms with Crippen molar-refractivity contribution in [3.8, 4) is 0 Å². The Morgan fingerprint density at radius 3 is 2.60 bits per heavy atom. The lowest BCUT2D eigenvalue weighted by Crippen LogP contribution is -2.43. The minimum atomic E-state index is -0.416. The number of halogens is 3. The Hall–Kier alpha value is 0.840. The molecule has 0 radical (unpaired) electrons. The van der Waals surface area contributed by atoms with Crippen molar-refractivity contribution in [1.29, 1.82) is 0 Å². The van der Waals surface area contributed by atoms with Gasteiger partial charge in [0.15, 0.2) is 0 Å². The van der Waals surface area contributed by atoms with Gasteiger partial charge >= 0.3 is 0 Å². The fourth-order valence-corrected chi connectivity index (χ4v) is 4.82. The molecule has 1 amide bonds. The lowest BCUT2D eigenvalue weighted by molar-refractivity contribution is 0.0818. The Morgan fingerprint density at radius 2 is 1.85 bits per heavy atom. The van der Waals surface area contributed by atoms with Gasteiger partial charge in [-0.05, 0) is 92.7 Å². The number of hydrogen-bond acceptors (Lipinski definition) is 2. The molecule has 20 heavy (non-hydrogen) atoms. The van der Waals surface area contributed by atoms with E-state index < -0.39 is 6.10 Å². The molecule has 2 rings (SSSR count). The highest BCUT2D eigenvalue weighted by atomic mass is 127. The number of aliphatic hydroxyl groups is 1. The number of carbonyl (C=O) groups is 1. The summed E-state index contributed by atoms with van der Waals surface area (Å²) < 4.78 is 3.12. The van der Waals surface area contributed by atoms with Crippen molar-refractivity contribution in [2.24, 2.45) is 0 Å². The van der Waals surface area contributed by atoms with Crippen LogP contribution >= 0.6 is 67.8 Å². The van der Waals surface area contributed by atoms with Crippen molar-refractivity contribution in [2.75, 3.05) is 0 Å². The lowest BCUT2D eigenvalue weighted by atomic mass is 10.1. The zero-order valence-electron chi connectivity index (χ0n) is 10.8. The van der Waals surface area contributed by atoms with Crippen LogP contribution in [-0.4, -0.2) is 23.2 Å². The Balaban J connectivity index is 2.15. The largest absolute Gasteiger partial charge is 0.391 e. The molecule has 0 aromatic heterocycles. The Morgan fingerprint density at radius 1 is 1.15 bits per heavy atom. The third-order valence-corrected chi connectivity index (χ3v) is 7.20. The van der Waals surface area contributed by atoms with Crippen LogP contribution in [0.3, 0.4) is 0 Å². The maximum Gasteiger partial charge on any atom is 0.252 e. The van der Waals surface area contributed by atoms with Crippen molar-refractivity contribution in [3.63, 3.8) is 0 Å². The van der Waals surface area contributed by atoms with Crippen molar-refractivity contribution < 1.29 is 9.90 Å². The van der Waals surface area contributed by atoms with Crippen LogP contribution < -0.4 is 5.32 Å². The van der Waals surface area contributed by atoms with E-state index in [1.54, 1.807) is 0 Å². The predicted octanol–water partition coefficient (Wildman–Crippen LogP) is 3.92. The Labute approximate surface area is 160 Å². The van der Waals surface area contributed by atoms with E-state index in [0.717, 1.165) is 42.8 Å². The molecular weight excluding hydrogens is 595 g/mol. The molecule has 1 aliphatic rings. The summed E-state index contributed by atoms with van der Waals surface area (Å²) in [6.07, 6.45) is 4.49. The van der Waals surface area contributed by atoms with Gasteiger partial charge < -0.3 is 10.4 Å². The minimum absolute atomic E-state index is 0.0724. The topological polar surface area (TPSA) is 49.3 Å². The normalized spacial score (nSPS) is 23.2. The monoisotopic (exact) mass is 611 g/mol. The summed E-state index contributed by atoms with van der Waals surface area (Å²) in [6.45, 7) is 0. The van der Waals surface area contributed by atoms with E-state index in [1.807, 2.05) is 6.07 Å². The smallest absolute Gasteiger partial charge is 0.252 e. The van der Waals surface area contributed by atoms with Crippen molar-refractivity contribution in [1.82, 2.24) is 5.32 Å². The molecule has 2 atom stereocenters. The van der Waals surface area contributed by atoms with E-state index in [2.05, 4.69) is 79.2 Å². The number of carbonyl (C=O) groups excluding carboxylic acids is 1. The van der Waals surface area contributed by atoms with Gasteiger partial charge in [0, 0.05) is 10.7 Å². The van der Waals surface area contributed by atoms with Gasteiger partial charge in [-0.15, -0.1) is 0 Å². The number of rotatable bonds is 2. The van der Waals surface area contributed by atoms with Crippen LogP contribution in [0.15, 0.2) is 12.1 Å². The Kier molecular flexibility index (Phi) is 6.80. The van der Waals surface area contributed by atoms with Crippen LogP contribution in [0.2, 0.25) is 0 Å². The molecule has 0 bridgehead atoms. The van der Waals surface area contributed by atoms with Crippen LogP contribution in [0.5, 0.6) is 0 Å². The van der Waals surface area contributed by atoms with Crippen molar-refractivity contribution in [2.45, 2.75) is 44.2 Å². The van der Waals surface area contributed by atoms with Gasteiger partial charge in [-0.25, -0.2) is 0 Å². The molecule has 1 fully saturated rings. The number of nitrogens with one attached hydrogen (secondary N) is 1. The molecule has 1 aromatic rings. The first kappa shape index (κ1) is 17.2. The first-order chi connectivity index (χ1) is 9.49. The standard InChI is InChI=1S/C14H16I3NO2/c15-8-6-9(13(17)10(16)7-8)14(20)18-11-4-2-1-3-5-12(11)19/h6-7,11-12,19H,1-5H2,(H,18,20). The lowest BCUT2D eigenvalue weighted by Gasteiger charge is -2.22. The van der Waals surface area contributed by atoms with Crippen molar-refractivity contribution >= 4 is 73.7 Å². The van der Waals surface area contributed by atoms with Crippen molar-refractivity contribution in [3.05, 3.63) is 28.4 Å². The molecule has 1 aliphatic carbocycles. The van der Waals surface area contributed by atoms with Crippen LogP contribution in [0.4, 0.5) is 0 Å². The number of aliphatic hydroxyl groups excluding tert-OH is 1. The molecular formula is C14H16I3NO2. The highest BCUT2D eigenvalue weighted by Crippen LogP contribution is 2.24. The summed E-state index contributed by atoms with van der Waals surface area (Å²) in [5.41, 5.74) is 0.707. The molecule has 110 valence electrons. The molecule has 1 saturated carbocycles. The molecule has 2 unspecified atom stereocenters. The third-order valence-electron chi connectivity index (χ3n) is 3.53. The number of hydrogen-bond donors (Lipinski definition) is 2. The Bertz CT molecular complexity index is 507. The second-order valence-electron chi connectivity index (χ2n) is 5.03. The molecule has 0 aliphatic heterocycles. The molecule has 0 saturated heterocycles. The van der Waals surface area contributed by atoms with E-state index in [4.69, 9.17) is 0 Å². The molecule has 0 heterocycles. The van der Waals surface area contributed by atoms with E-state index in [0.29, 0.717) is 5.56 Å². The molecule has 2 N–H and O–H groups in total. The highest BCUT2D eigenvalue weighted by Gasteiger charge is 2.24. The summed E-state index contributed by atoms with van der Waals surface area (Å²) in [5, 5.41) is 13.1. The van der Waals surface area contributed by atoms with E-state index in [9.17, 15) is 9.90 Å². The quantitative estimate of drug-likeness (QED) is 0.303. The third kappa shape index (κ3) is 4.42. The van der Waals surface area contributed by atoms with Gasteiger partial charge in [-0.1, -0.05) is 19.3 Å². The van der Waals surface area contributed by atoms with Gasteiger partial charge in [0.1, 0.15) is 0 Å². The fourth-order valence-electron chi connectivity index (χ4n) is 2.42. The number of benzene rings is 1. The van der Waals surface area contributed by atoms with E-state index >= 15 is 0 Å². The molecule has 3 nitrogen and oxygen atoms in total. The zero-order valence-corrected chi connectivity index (χ0v) is 17.3. The summed E-state index contributed by atoms with van der Waals surface area (Å²) in [5.74, 6) is -0.0724. The van der Waals surface area contributed by atoms with Crippen LogP contribution in [0.1, 0.15) is 42.5 Å². The van der Waals surface area contributed by atoms with Gasteiger partial charge in [0.05, 0.1) is 17.7 Å². The van der Waals surface area contributed by atoms with Gasteiger partial charge in [-0.2, -0.15) is 0 Å². The molecule has 1 aromatic carbocycles. The maximum absolute atomic E-state index is 12.5. The number of amides is 1. The summed E-state index contributed by atoms with van der Waals surface area (Å²) in [4.78, 5) is 12.5. The fraction of sp³-hybridized carbons (Fsp3) is 0.500. The average Bonchev–Trinajstić information content (AvgIpc) is 2.59. The van der Waals surface area contributed by atoms with E-state index in [-0.39, 0.29) is 11.9 Å². The molecule has 6 heteroatoms. The average molecular weight is 611 g/mol. The van der Waals surface area contributed by atoms with Crippen LogP contribution in [0.25, 0.3) is 0 Å². The van der Waals surface area contributed by atoms with Crippen LogP contribution in [-0.2, 0) is 0 Å². The molecule has 0 spiro atoms. The van der Waals surface area contributed by atoms with Gasteiger partial charge in [-0.3, -0.25) is 4.79 Å². The first-order valence-corrected chi connectivity index (χ1v) is 9.86. The SMILES string of the molecule is O=C(NC1CCCCCC1O)c1cc(I)cc(I)c1I. The zero-order chi connectivity index (χ0) is 14.7. The minimum Gasteiger partial charge on any atom is -0.391 e. The van der Waals surface area contributed by atoms with Crippen LogP contribution in [0, 0.1) is 10.7 Å². The first-order valence-electron chi connectivity index (χ1n) is 6.62.